The molecule has 0 amide bonds. The first kappa shape index (κ1) is 13.7. The topological polar surface area (TPSA) is 52.1 Å². The molecule has 0 aliphatic rings. The first-order chi connectivity index (χ1) is 9.10. The fraction of sp³-hybridized carbons (Fsp3) is 0.214. The molecular formula is C14H13BrN2O2. The van der Waals surface area contributed by atoms with Gasteiger partial charge in [0, 0.05) is 6.20 Å². The summed E-state index contributed by atoms with van der Waals surface area (Å²) in [4.78, 5) is 20.3. The Kier molecular flexibility index (Phi) is 4.27. The standard InChI is InChI=1S/C14H13BrN2O2/c1-3-19-14(18)10-4-5-16-11(8-10)12-6-9(2)7-13(15)17-12/h4-8H,3H2,1-2H3. The van der Waals surface area contributed by atoms with Crippen molar-refractivity contribution in [1.29, 1.82) is 0 Å². The Hall–Kier alpha value is -1.75. The van der Waals surface area contributed by atoms with Crippen LogP contribution in [0, 0.1) is 6.92 Å². The van der Waals surface area contributed by atoms with Crippen molar-refractivity contribution in [2.45, 2.75) is 13.8 Å². The summed E-state index contributed by atoms with van der Waals surface area (Å²) in [7, 11) is 0. The average Bonchev–Trinajstić information content (AvgIpc) is 2.38. The summed E-state index contributed by atoms with van der Waals surface area (Å²) in [5.41, 5.74) is 2.92. The number of halogens is 1. The Bertz CT molecular complexity index is 594. The molecule has 2 aromatic rings. The number of hydrogen-bond acceptors (Lipinski definition) is 4. The van der Waals surface area contributed by atoms with Crippen LogP contribution in [-0.2, 0) is 4.74 Å². The summed E-state index contributed by atoms with van der Waals surface area (Å²) >= 11 is 3.35. The molecule has 0 aliphatic carbocycles. The Balaban J connectivity index is 2.40. The highest BCUT2D eigenvalue weighted by molar-refractivity contribution is 9.10. The smallest absolute Gasteiger partial charge is 0.338 e. The van der Waals surface area contributed by atoms with Crippen LogP contribution in [0.1, 0.15) is 22.8 Å². The molecule has 4 nitrogen and oxygen atoms in total. The highest BCUT2D eigenvalue weighted by atomic mass is 79.9. The Morgan fingerprint density at radius 1 is 1.32 bits per heavy atom. The zero-order chi connectivity index (χ0) is 13.8. The fourth-order valence-corrected chi connectivity index (χ4v) is 2.22. The lowest BCUT2D eigenvalue weighted by Crippen LogP contribution is -2.05. The van der Waals surface area contributed by atoms with Crippen molar-refractivity contribution in [3.63, 3.8) is 0 Å². The highest BCUT2D eigenvalue weighted by Crippen LogP contribution is 2.20. The van der Waals surface area contributed by atoms with Crippen molar-refractivity contribution in [2.75, 3.05) is 6.61 Å². The molecule has 0 fully saturated rings. The molecule has 0 N–H and O–H groups in total. The summed E-state index contributed by atoms with van der Waals surface area (Å²) in [5, 5.41) is 0. The Labute approximate surface area is 120 Å². The van der Waals surface area contributed by atoms with Gasteiger partial charge >= 0.3 is 5.97 Å². The lowest BCUT2D eigenvalue weighted by Gasteiger charge is -2.05. The third-order valence-corrected chi connectivity index (χ3v) is 2.88. The Morgan fingerprint density at radius 2 is 2.11 bits per heavy atom. The maximum absolute atomic E-state index is 11.7. The van der Waals surface area contributed by atoms with E-state index in [0.29, 0.717) is 17.9 Å². The number of ether oxygens (including phenoxy) is 1. The van der Waals surface area contributed by atoms with Gasteiger partial charge in [0.1, 0.15) is 4.60 Å². The number of carbonyl (C=O) groups excluding carboxylic acids is 1. The molecule has 0 aliphatic heterocycles. The van der Waals surface area contributed by atoms with E-state index in [2.05, 4.69) is 25.9 Å². The molecule has 2 rings (SSSR count). The molecule has 0 atom stereocenters. The lowest BCUT2D eigenvalue weighted by atomic mass is 10.1. The van der Waals surface area contributed by atoms with Gasteiger partial charge in [0.15, 0.2) is 0 Å². The molecule has 0 saturated heterocycles. The largest absolute Gasteiger partial charge is 0.462 e. The maximum atomic E-state index is 11.7. The number of esters is 1. The molecule has 2 aromatic heterocycles. The van der Waals surface area contributed by atoms with Gasteiger partial charge in [-0.25, -0.2) is 9.78 Å². The first-order valence-corrected chi connectivity index (χ1v) is 6.67. The maximum Gasteiger partial charge on any atom is 0.338 e. The number of aromatic nitrogens is 2. The normalized spacial score (nSPS) is 10.3. The molecule has 0 saturated carbocycles. The molecule has 19 heavy (non-hydrogen) atoms. The van der Waals surface area contributed by atoms with Crippen molar-refractivity contribution in [1.82, 2.24) is 9.97 Å². The van der Waals surface area contributed by atoms with E-state index in [1.807, 2.05) is 19.1 Å². The molecule has 0 bridgehead atoms. The van der Waals surface area contributed by atoms with Crippen LogP contribution in [0.2, 0.25) is 0 Å². The second-order valence-electron chi connectivity index (χ2n) is 4.00. The van der Waals surface area contributed by atoms with Gasteiger partial charge in [-0.15, -0.1) is 0 Å². The lowest BCUT2D eigenvalue weighted by molar-refractivity contribution is 0.0526. The fourth-order valence-electron chi connectivity index (χ4n) is 1.67. The second kappa shape index (κ2) is 5.93. The molecule has 0 spiro atoms. The van der Waals surface area contributed by atoms with E-state index in [9.17, 15) is 4.79 Å². The van der Waals surface area contributed by atoms with E-state index in [1.54, 1.807) is 25.3 Å². The van der Waals surface area contributed by atoms with E-state index < -0.39 is 0 Å². The predicted octanol–water partition coefficient (Wildman–Crippen LogP) is 3.39. The number of aryl methyl sites for hydroxylation is 1. The first-order valence-electron chi connectivity index (χ1n) is 5.88. The number of nitrogens with zero attached hydrogens (tertiary/aromatic N) is 2. The van der Waals surface area contributed by atoms with Crippen LogP contribution >= 0.6 is 15.9 Å². The van der Waals surface area contributed by atoms with Crippen molar-refractivity contribution < 1.29 is 9.53 Å². The average molecular weight is 321 g/mol. The summed E-state index contributed by atoms with van der Waals surface area (Å²) < 4.78 is 5.71. The number of carbonyl (C=O) groups is 1. The number of rotatable bonds is 3. The predicted molar refractivity (Wildman–Crippen MR) is 75.9 cm³/mol. The zero-order valence-corrected chi connectivity index (χ0v) is 12.3. The molecular weight excluding hydrogens is 308 g/mol. The minimum absolute atomic E-state index is 0.349. The number of pyridine rings is 2. The van der Waals surface area contributed by atoms with E-state index >= 15 is 0 Å². The van der Waals surface area contributed by atoms with Crippen LogP contribution in [0.4, 0.5) is 0 Å². The quantitative estimate of drug-likeness (QED) is 0.642. The molecule has 0 unspecified atom stereocenters. The van der Waals surface area contributed by atoms with E-state index in [0.717, 1.165) is 15.9 Å². The zero-order valence-electron chi connectivity index (χ0n) is 10.7. The van der Waals surface area contributed by atoms with Gasteiger partial charge in [0.05, 0.1) is 23.6 Å². The van der Waals surface area contributed by atoms with Gasteiger partial charge in [0.2, 0.25) is 0 Å². The SMILES string of the molecule is CCOC(=O)c1ccnc(-c2cc(C)cc(Br)n2)c1. The highest BCUT2D eigenvalue weighted by Gasteiger charge is 2.10. The van der Waals surface area contributed by atoms with E-state index in [1.165, 1.54) is 0 Å². The molecule has 0 aromatic carbocycles. The molecule has 2 heterocycles. The minimum atomic E-state index is -0.349. The minimum Gasteiger partial charge on any atom is -0.462 e. The van der Waals surface area contributed by atoms with Gasteiger partial charge < -0.3 is 4.74 Å². The van der Waals surface area contributed by atoms with Gasteiger partial charge in [0.25, 0.3) is 0 Å². The van der Waals surface area contributed by atoms with Crippen LogP contribution in [0.15, 0.2) is 35.1 Å². The van der Waals surface area contributed by atoms with Gasteiger partial charge in [-0.2, -0.15) is 0 Å². The molecule has 98 valence electrons. The summed E-state index contributed by atoms with van der Waals surface area (Å²) in [6, 6.07) is 7.15. The van der Waals surface area contributed by atoms with E-state index in [-0.39, 0.29) is 5.97 Å². The van der Waals surface area contributed by atoms with E-state index in [4.69, 9.17) is 4.74 Å². The third-order valence-electron chi connectivity index (χ3n) is 2.47. The Morgan fingerprint density at radius 3 is 2.79 bits per heavy atom. The van der Waals surface area contributed by atoms with Crippen LogP contribution < -0.4 is 0 Å². The summed E-state index contributed by atoms with van der Waals surface area (Å²) in [6.45, 7) is 4.11. The molecule has 0 radical (unpaired) electrons. The van der Waals surface area contributed by atoms with Gasteiger partial charge in [-0.3, -0.25) is 4.98 Å². The number of hydrogen-bond donors (Lipinski definition) is 0. The molecule has 5 heteroatoms. The third kappa shape index (κ3) is 3.38. The summed E-state index contributed by atoms with van der Waals surface area (Å²) in [6.07, 6.45) is 1.58. The van der Waals surface area contributed by atoms with Gasteiger partial charge in [-0.1, -0.05) is 0 Å². The van der Waals surface area contributed by atoms with Crippen molar-refractivity contribution in [2.24, 2.45) is 0 Å². The summed E-state index contributed by atoms with van der Waals surface area (Å²) in [5.74, 6) is -0.349. The monoisotopic (exact) mass is 320 g/mol. The van der Waals surface area contributed by atoms with Crippen LogP contribution in [0.3, 0.4) is 0 Å². The van der Waals surface area contributed by atoms with Crippen LogP contribution in [0.25, 0.3) is 11.4 Å². The van der Waals surface area contributed by atoms with Crippen LogP contribution in [0.5, 0.6) is 0 Å². The van der Waals surface area contributed by atoms with Crippen LogP contribution in [-0.4, -0.2) is 22.5 Å². The van der Waals surface area contributed by atoms with Crippen molar-refractivity contribution in [3.05, 3.63) is 46.2 Å². The second-order valence-corrected chi connectivity index (χ2v) is 4.82. The van der Waals surface area contributed by atoms with Crippen molar-refractivity contribution in [3.8, 4) is 11.4 Å². The van der Waals surface area contributed by atoms with Gasteiger partial charge in [-0.05, 0) is 59.6 Å². The van der Waals surface area contributed by atoms with Crippen molar-refractivity contribution >= 4 is 21.9 Å².